The molecule has 0 unspecified atom stereocenters. The number of ketones is 3. The number of carbonyl (C=O) groups is 4. The monoisotopic (exact) mass is 645 g/mol. The summed E-state index contributed by atoms with van der Waals surface area (Å²) in [5, 5.41) is 18.1. The SMILES string of the molecule is CC(C)(C)C(=O)c1ccc(CC(=O)Cn2cc(OCCOCc3cn(OC(=O)Nc4ccc(C(=O)C(C)(C)C)cc4)nn3)nn2)cc1. The van der Waals surface area contributed by atoms with Crippen LogP contribution in [0.3, 0.4) is 0 Å². The van der Waals surface area contributed by atoms with Crippen molar-refractivity contribution in [3.8, 4) is 5.88 Å². The Morgan fingerprint density at radius 3 is 2.00 bits per heavy atom. The molecule has 0 saturated heterocycles. The molecule has 0 radical (unpaired) electrons. The van der Waals surface area contributed by atoms with Crippen molar-refractivity contribution in [1.29, 1.82) is 0 Å². The van der Waals surface area contributed by atoms with Crippen molar-refractivity contribution in [3.63, 3.8) is 0 Å². The smallest absolute Gasteiger partial charge is 0.437 e. The second-order valence-electron chi connectivity index (χ2n) is 12.9. The Labute approximate surface area is 272 Å². The summed E-state index contributed by atoms with van der Waals surface area (Å²) in [5.74, 6) is 0.217. The molecular formula is C33H39N7O7. The van der Waals surface area contributed by atoms with Gasteiger partial charge in [0, 0.05) is 34.1 Å². The Morgan fingerprint density at radius 2 is 1.38 bits per heavy atom. The highest BCUT2D eigenvalue weighted by atomic mass is 16.7. The van der Waals surface area contributed by atoms with Gasteiger partial charge in [-0.1, -0.05) is 81.0 Å². The lowest BCUT2D eigenvalue weighted by atomic mass is 9.86. The van der Waals surface area contributed by atoms with Crippen LogP contribution in [0.1, 0.15) is 73.5 Å². The first-order chi connectivity index (χ1) is 22.2. The molecule has 14 nitrogen and oxygen atoms in total. The molecule has 0 fully saturated rings. The van der Waals surface area contributed by atoms with E-state index in [4.69, 9.17) is 14.3 Å². The van der Waals surface area contributed by atoms with Crippen LogP contribution >= 0.6 is 0 Å². The molecular weight excluding hydrogens is 606 g/mol. The van der Waals surface area contributed by atoms with Crippen LogP contribution in [0, 0.1) is 10.8 Å². The Balaban J connectivity index is 1.12. The number of anilines is 1. The Morgan fingerprint density at radius 1 is 0.766 bits per heavy atom. The van der Waals surface area contributed by atoms with Gasteiger partial charge in [0.15, 0.2) is 17.3 Å². The lowest BCUT2D eigenvalue weighted by molar-refractivity contribution is -0.119. The Kier molecular flexibility index (Phi) is 11.0. The summed E-state index contributed by atoms with van der Waals surface area (Å²) in [6, 6.07) is 13.6. The van der Waals surface area contributed by atoms with E-state index >= 15 is 0 Å². The van der Waals surface area contributed by atoms with E-state index in [1.807, 2.05) is 41.5 Å². The van der Waals surface area contributed by atoms with Crippen molar-refractivity contribution in [3.05, 3.63) is 83.3 Å². The number of aromatic nitrogens is 6. The third-order valence-electron chi connectivity index (χ3n) is 6.65. The topological polar surface area (TPSA) is 169 Å². The summed E-state index contributed by atoms with van der Waals surface area (Å²) in [6.45, 7) is 11.6. The second-order valence-corrected chi connectivity index (χ2v) is 12.9. The number of nitrogens with zero attached hydrogens (tertiary/aromatic N) is 6. The molecule has 0 aliphatic rings. The summed E-state index contributed by atoms with van der Waals surface area (Å²) >= 11 is 0. The van der Waals surface area contributed by atoms with Crippen LogP contribution in [0.4, 0.5) is 10.5 Å². The van der Waals surface area contributed by atoms with Crippen molar-refractivity contribution in [2.24, 2.45) is 10.8 Å². The van der Waals surface area contributed by atoms with Gasteiger partial charge in [-0.3, -0.25) is 24.5 Å². The molecule has 47 heavy (non-hydrogen) atoms. The first-order valence-corrected chi connectivity index (χ1v) is 15.0. The summed E-state index contributed by atoms with van der Waals surface area (Å²) in [6.07, 6.45) is 2.33. The zero-order valence-corrected chi connectivity index (χ0v) is 27.4. The molecule has 1 N–H and O–H groups in total. The summed E-state index contributed by atoms with van der Waals surface area (Å²) in [7, 11) is 0. The number of hydrogen-bond donors (Lipinski definition) is 1. The maximum Gasteiger partial charge on any atom is 0.437 e. The average molecular weight is 646 g/mol. The van der Waals surface area contributed by atoms with Crippen LogP contribution in [0.25, 0.3) is 0 Å². The van der Waals surface area contributed by atoms with E-state index in [2.05, 4.69) is 25.9 Å². The van der Waals surface area contributed by atoms with Gasteiger partial charge in [0.25, 0.3) is 5.88 Å². The van der Waals surface area contributed by atoms with E-state index in [9.17, 15) is 19.2 Å². The van der Waals surface area contributed by atoms with Gasteiger partial charge in [0.2, 0.25) is 0 Å². The quantitative estimate of drug-likeness (QED) is 0.117. The lowest BCUT2D eigenvalue weighted by Crippen LogP contribution is -2.25. The van der Waals surface area contributed by atoms with Crippen molar-refractivity contribution in [2.45, 2.75) is 61.1 Å². The predicted octanol–water partition coefficient (Wildman–Crippen LogP) is 4.40. The van der Waals surface area contributed by atoms with Crippen molar-refractivity contribution in [2.75, 3.05) is 18.5 Å². The molecule has 2 aromatic heterocycles. The second kappa shape index (κ2) is 14.9. The number of hydrogen-bond acceptors (Lipinski definition) is 11. The fourth-order valence-corrected chi connectivity index (χ4v) is 4.23. The Bertz CT molecular complexity index is 1570. The maximum absolute atomic E-state index is 12.5. The highest BCUT2D eigenvalue weighted by Gasteiger charge is 2.23. The van der Waals surface area contributed by atoms with Gasteiger partial charge < -0.3 is 9.47 Å². The van der Waals surface area contributed by atoms with E-state index in [1.54, 1.807) is 48.5 Å². The first kappa shape index (κ1) is 34.6. The molecule has 4 rings (SSSR count). The van der Waals surface area contributed by atoms with Gasteiger partial charge in [-0.2, -0.15) is 0 Å². The zero-order chi connectivity index (χ0) is 34.2. The molecule has 14 heteroatoms. The molecule has 4 aromatic rings. The van der Waals surface area contributed by atoms with Crippen LogP contribution < -0.4 is 14.9 Å². The van der Waals surface area contributed by atoms with Crippen LogP contribution in [0.15, 0.2) is 60.9 Å². The van der Waals surface area contributed by atoms with Crippen LogP contribution in [0.2, 0.25) is 0 Å². The largest absolute Gasteiger partial charge is 0.473 e. The fourth-order valence-electron chi connectivity index (χ4n) is 4.23. The average Bonchev–Trinajstić information content (AvgIpc) is 3.65. The number of nitrogens with one attached hydrogen (secondary N) is 1. The van der Waals surface area contributed by atoms with Gasteiger partial charge in [-0.25, -0.2) is 9.48 Å². The van der Waals surface area contributed by atoms with E-state index in [-0.39, 0.29) is 56.0 Å². The Hall–Kier alpha value is -5.24. The zero-order valence-electron chi connectivity index (χ0n) is 27.4. The maximum atomic E-state index is 12.5. The molecule has 2 aromatic carbocycles. The van der Waals surface area contributed by atoms with E-state index in [1.165, 1.54) is 17.1 Å². The minimum absolute atomic E-state index is 0.00124. The van der Waals surface area contributed by atoms with Crippen LogP contribution in [0.5, 0.6) is 5.88 Å². The fraction of sp³-hybridized carbons (Fsp3) is 0.394. The van der Waals surface area contributed by atoms with Gasteiger partial charge in [-0.05, 0) is 35.0 Å². The molecule has 248 valence electrons. The molecule has 0 aliphatic carbocycles. The number of Topliss-reactive ketones (excluding diaryl/α,β-unsaturated/α-hetero) is 3. The molecule has 0 saturated carbocycles. The number of rotatable bonds is 14. The molecule has 0 spiro atoms. The minimum atomic E-state index is -0.789. The van der Waals surface area contributed by atoms with Gasteiger partial charge in [0.05, 0.1) is 25.6 Å². The third kappa shape index (κ3) is 10.4. The predicted molar refractivity (Wildman–Crippen MR) is 170 cm³/mol. The number of benzene rings is 2. The standard InChI is InChI=1S/C33H39N7O7/c1-32(2,3)29(42)23-9-7-22(8-10-23)17-27(41)19-39-20-28(36-37-39)46-16-15-45-21-26-18-40(38-35-26)47-31(44)34-25-13-11-24(12-14-25)30(43)33(4,5)6/h7-14,18,20H,15-17,19,21H2,1-6H3,(H,34,44). The van der Waals surface area contributed by atoms with E-state index in [0.717, 1.165) is 10.4 Å². The van der Waals surface area contributed by atoms with Gasteiger partial charge in [-0.15, -0.1) is 5.10 Å². The van der Waals surface area contributed by atoms with Crippen LogP contribution in [-0.4, -0.2) is 66.8 Å². The first-order valence-electron chi connectivity index (χ1n) is 15.0. The summed E-state index contributed by atoms with van der Waals surface area (Å²) < 4.78 is 12.5. The number of ether oxygens (including phenoxy) is 2. The molecule has 0 atom stereocenters. The van der Waals surface area contributed by atoms with E-state index < -0.39 is 16.9 Å². The summed E-state index contributed by atoms with van der Waals surface area (Å²) in [4.78, 5) is 55.5. The molecule has 1 amide bonds. The van der Waals surface area contributed by atoms with Crippen molar-refractivity contribution in [1.82, 2.24) is 30.2 Å². The van der Waals surface area contributed by atoms with Gasteiger partial charge in [0.1, 0.15) is 18.8 Å². The molecule has 0 bridgehead atoms. The van der Waals surface area contributed by atoms with Crippen LogP contribution in [-0.2, 0) is 29.1 Å². The highest BCUT2D eigenvalue weighted by molar-refractivity contribution is 6.00. The van der Waals surface area contributed by atoms with Crippen molar-refractivity contribution >= 4 is 29.1 Å². The third-order valence-corrected chi connectivity index (χ3v) is 6.65. The van der Waals surface area contributed by atoms with Gasteiger partial charge >= 0.3 is 6.09 Å². The van der Waals surface area contributed by atoms with Crippen molar-refractivity contribution < 1.29 is 33.5 Å². The highest BCUT2D eigenvalue weighted by Crippen LogP contribution is 2.22. The minimum Gasteiger partial charge on any atom is -0.473 e. The summed E-state index contributed by atoms with van der Waals surface area (Å²) in [5.41, 5.74) is 1.86. The number of carbonyl (C=O) groups excluding carboxylic acids is 4. The molecule has 2 heterocycles. The van der Waals surface area contributed by atoms with E-state index in [0.29, 0.717) is 22.5 Å². The molecule has 0 aliphatic heterocycles. The lowest BCUT2D eigenvalue weighted by Gasteiger charge is -2.16. The number of amides is 1. The normalized spacial score (nSPS) is 11.6.